The summed E-state index contributed by atoms with van der Waals surface area (Å²) in [4.78, 5) is 0.993. The molecule has 1 aromatic rings. The minimum absolute atomic E-state index is 0.158. The van der Waals surface area contributed by atoms with E-state index in [1.54, 1.807) is 23.9 Å². The van der Waals surface area contributed by atoms with Gasteiger partial charge in [-0.2, -0.15) is 0 Å². The lowest BCUT2D eigenvalue weighted by Gasteiger charge is -2.14. The Labute approximate surface area is 117 Å². The molecule has 0 bridgehead atoms. The minimum atomic E-state index is 0.158. The summed E-state index contributed by atoms with van der Waals surface area (Å²) in [5.74, 6) is 0.901. The number of hydrogen-bond acceptors (Lipinski definition) is 3. The van der Waals surface area contributed by atoms with Crippen LogP contribution in [-0.4, -0.2) is 30.1 Å². The van der Waals surface area contributed by atoms with E-state index in [9.17, 15) is 0 Å². The number of likely N-dealkylation sites (N-methyl/N-ethyl adjacent to an activating group) is 1. The van der Waals surface area contributed by atoms with Crippen LogP contribution in [0.25, 0.3) is 0 Å². The van der Waals surface area contributed by atoms with Crippen LogP contribution in [0.1, 0.15) is 13.3 Å². The number of thioether (sulfide) groups is 1. The molecule has 0 aliphatic carbocycles. The van der Waals surface area contributed by atoms with E-state index in [4.69, 9.17) is 28.3 Å². The Bertz CT molecular complexity index is 349. The zero-order valence-electron chi connectivity index (χ0n) is 9.75. The molecule has 0 heterocycles. The average Bonchev–Trinajstić information content (AvgIpc) is 2.32. The topological polar surface area (TPSA) is 32.3 Å². The van der Waals surface area contributed by atoms with Gasteiger partial charge in [-0.25, -0.2) is 0 Å². The van der Waals surface area contributed by atoms with Crippen molar-refractivity contribution in [3.63, 3.8) is 0 Å². The fourth-order valence-electron chi connectivity index (χ4n) is 1.45. The van der Waals surface area contributed by atoms with Crippen molar-refractivity contribution in [1.82, 2.24) is 5.32 Å². The number of aliphatic hydroxyl groups is 1. The van der Waals surface area contributed by atoms with Crippen molar-refractivity contribution in [1.29, 1.82) is 0 Å². The molecule has 0 saturated heterocycles. The van der Waals surface area contributed by atoms with Gasteiger partial charge >= 0.3 is 0 Å². The van der Waals surface area contributed by atoms with Gasteiger partial charge in [-0.3, -0.25) is 0 Å². The van der Waals surface area contributed by atoms with Crippen molar-refractivity contribution in [3.8, 4) is 0 Å². The van der Waals surface area contributed by atoms with E-state index in [0.29, 0.717) is 5.02 Å². The third-order valence-corrected chi connectivity index (χ3v) is 4.10. The maximum absolute atomic E-state index is 9.13. The normalized spacial score (nSPS) is 12.7. The van der Waals surface area contributed by atoms with Gasteiger partial charge in [-0.1, -0.05) is 30.1 Å². The molecule has 1 aromatic carbocycles. The van der Waals surface area contributed by atoms with E-state index >= 15 is 0 Å². The summed E-state index contributed by atoms with van der Waals surface area (Å²) in [6.07, 6.45) is 0.901. The predicted molar refractivity (Wildman–Crippen MR) is 76.4 cm³/mol. The molecule has 1 rings (SSSR count). The van der Waals surface area contributed by atoms with Crippen LogP contribution < -0.4 is 5.32 Å². The first kappa shape index (κ1) is 15.1. The second kappa shape index (κ2) is 8.22. The summed E-state index contributed by atoms with van der Waals surface area (Å²) in [5, 5.41) is 13.8. The van der Waals surface area contributed by atoms with Gasteiger partial charge in [0.25, 0.3) is 0 Å². The van der Waals surface area contributed by atoms with Gasteiger partial charge in [0.15, 0.2) is 0 Å². The highest BCUT2D eigenvalue weighted by Gasteiger charge is 2.07. The molecule has 2 nitrogen and oxygen atoms in total. The van der Waals surface area contributed by atoms with Crippen molar-refractivity contribution in [2.45, 2.75) is 24.3 Å². The molecule has 0 aliphatic heterocycles. The molecule has 0 saturated carbocycles. The summed E-state index contributed by atoms with van der Waals surface area (Å²) < 4.78 is 0. The van der Waals surface area contributed by atoms with Crippen LogP contribution in [0.5, 0.6) is 0 Å². The van der Waals surface area contributed by atoms with E-state index < -0.39 is 0 Å². The second-order valence-electron chi connectivity index (χ2n) is 3.65. The van der Waals surface area contributed by atoms with Gasteiger partial charge < -0.3 is 10.4 Å². The van der Waals surface area contributed by atoms with E-state index in [2.05, 4.69) is 5.32 Å². The van der Waals surface area contributed by atoms with Gasteiger partial charge in [0.05, 0.1) is 11.6 Å². The van der Waals surface area contributed by atoms with Gasteiger partial charge in [-0.05, 0) is 36.9 Å². The molecule has 0 spiro atoms. The standard InChI is InChI=1S/C12H17Cl2NOS/c1-2-15-10(8-16)5-6-17-12-7-9(13)3-4-11(12)14/h3-4,7,10,15-16H,2,5-6,8H2,1H3. The van der Waals surface area contributed by atoms with Gasteiger partial charge in [0.2, 0.25) is 0 Å². The Balaban J connectivity index is 2.42. The van der Waals surface area contributed by atoms with E-state index in [1.165, 1.54) is 0 Å². The molecule has 0 fully saturated rings. The maximum Gasteiger partial charge on any atom is 0.0584 e. The van der Waals surface area contributed by atoms with Crippen molar-refractivity contribution in [3.05, 3.63) is 28.2 Å². The fraction of sp³-hybridized carbons (Fsp3) is 0.500. The Kier molecular flexibility index (Phi) is 7.32. The molecule has 0 radical (unpaired) electrons. The second-order valence-corrected chi connectivity index (χ2v) is 5.63. The lowest BCUT2D eigenvalue weighted by Crippen LogP contribution is -2.32. The zero-order chi connectivity index (χ0) is 12.7. The van der Waals surface area contributed by atoms with Crippen molar-refractivity contribution >= 4 is 35.0 Å². The summed E-state index contributed by atoms with van der Waals surface area (Å²) in [5.41, 5.74) is 0. The fourth-order valence-corrected chi connectivity index (χ4v) is 3.00. The van der Waals surface area contributed by atoms with Crippen LogP contribution in [0.2, 0.25) is 10.0 Å². The highest BCUT2D eigenvalue weighted by atomic mass is 35.5. The average molecular weight is 294 g/mol. The van der Waals surface area contributed by atoms with Crippen molar-refractivity contribution in [2.24, 2.45) is 0 Å². The Morgan fingerprint density at radius 1 is 1.41 bits per heavy atom. The summed E-state index contributed by atoms with van der Waals surface area (Å²) >= 11 is 13.6. The molecule has 0 aliphatic rings. The van der Waals surface area contributed by atoms with Gasteiger partial charge in [0, 0.05) is 16.0 Å². The lowest BCUT2D eigenvalue weighted by molar-refractivity contribution is 0.242. The lowest BCUT2D eigenvalue weighted by atomic mass is 10.2. The monoisotopic (exact) mass is 293 g/mol. The van der Waals surface area contributed by atoms with Crippen LogP contribution in [0.15, 0.2) is 23.1 Å². The molecule has 17 heavy (non-hydrogen) atoms. The predicted octanol–water partition coefficient (Wildman–Crippen LogP) is 3.45. The molecule has 1 atom stereocenters. The van der Waals surface area contributed by atoms with Crippen LogP contribution >= 0.6 is 35.0 Å². The molecule has 96 valence electrons. The number of hydrogen-bond donors (Lipinski definition) is 2. The molecule has 2 N–H and O–H groups in total. The third-order valence-electron chi connectivity index (χ3n) is 2.33. The number of benzene rings is 1. The minimum Gasteiger partial charge on any atom is -0.395 e. The number of halogens is 2. The quantitative estimate of drug-likeness (QED) is 0.756. The smallest absolute Gasteiger partial charge is 0.0584 e. The highest BCUT2D eigenvalue weighted by Crippen LogP contribution is 2.30. The largest absolute Gasteiger partial charge is 0.395 e. The molecular weight excluding hydrogens is 277 g/mol. The van der Waals surface area contributed by atoms with Crippen LogP contribution in [-0.2, 0) is 0 Å². The first-order valence-electron chi connectivity index (χ1n) is 5.59. The van der Waals surface area contributed by atoms with E-state index in [0.717, 1.165) is 28.6 Å². The van der Waals surface area contributed by atoms with Crippen molar-refractivity contribution in [2.75, 3.05) is 18.9 Å². The summed E-state index contributed by atoms with van der Waals surface area (Å²) in [7, 11) is 0. The third kappa shape index (κ3) is 5.49. The molecule has 0 amide bonds. The summed E-state index contributed by atoms with van der Waals surface area (Å²) in [6.45, 7) is 3.06. The summed E-state index contributed by atoms with van der Waals surface area (Å²) in [6, 6.07) is 5.62. The Morgan fingerprint density at radius 3 is 2.82 bits per heavy atom. The number of nitrogens with one attached hydrogen (secondary N) is 1. The zero-order valence-corrected chi connectivity index (χ0v) is 12.1. The number of aliphatic hydroxyl groups excluding tert-OH is 1. The molecule has 5 heteroatoms. The Morgan fingerprint density at radius 2 is 2.18 bits per heavy atom. The maximum atomic E-state index is 9.13. The first-order valence-corrected chi connectivity index (χ1v) is 7.33. The highest BCUT2D eigenvalue weighted by molar-refractivity contribution is 7.99. The molecular formula is C12H17Cl2NOS. The van der Waals surface area contributed by atoms with E-state index in [1.807, 2.05) is 13.0 Å². The van der Waals surface area contributed by atoms with Crippen LogP contribution in [0, 0.1) is 0 Å². The molecule has 1 unspecified atom stereocenters. The van der Waals surface area contributed by atoms with Crippen molar-refractivity contribution < 1.29 is 5.11 Å². The van der Waals surface area contributed by atoms with Crippen LogP contribution in [0.3, 0.4) is 0 Å². The number of rotatable bonds is 7. The van der Waals surface area contributed by atoms with Crippen LogP contribution in [0.4, 0.5) is 0 Å². The van der Waals surface area contributed by atoms with Gasteiger partial charge in [-0.15, -0.1) is 11.8 Å². The van der Waals surface area contributed by atoms with E-state index in [-0.39, 0.29) is 12.6 Å². The van der Waals surface area contributed by atoms with Gasteiger partial charge in [0.1, 0.15) is 0 Å². The molecule has 0 aromatic heterocycles. The SMILES string of the molecule is CCNC(CO)CCSc1cc(Cl)ccc1Cl. The first-order chi connectivity index (χ1) is 8.17. The Hall–Kier alpha value is 0.0700.